The van der Waals surface area contributed by atoms with Crippen LogP contribution in [-0.4, -0.2) is 13.1 Å². The lowest BCUT2D eigenvalue weighted by Gasteiger charge is -2.42. The molecule has 0 atom stereocenters. The summed E-state index contributed by atoms with van der Waals surface area (Å²) < 4.78 is 0. The van der Waals surface area contributed by atoms with Gasteiger partial charge in [-0.05, 0) is 43.7 Å². The molecule has 1 heterocycles. The highest BCUT2D eigenvalue weighted by Crippen LogP contribution is 2.40. The van der Waals surface area contributed by atoms with E-state index in [4.69, 9.17) is 0 Å². The predicted molar refractivity (Wildman–Crippen MR) is 84.9 cm³/mol. The molecule has 0 bridgehead atoms. The highest BCUT2D eigenvalue weighted by molar-refractivity contribution is 5.47. The third kappa shape index (κ3) is 3.52. The van der Waals surface area contributed by atoms with Gasteiger partial charge in [-0.25, -0.2) is 0 Å². The van der Waals surface area contributed by atoms with Gasteiger partial charge >= 0.3 is 0 Å². The Hall–Kier alpha value is -0.980. The second kappa shape index (κ2) is 6.45. The molecule has 0 saturated carbocycles. The molecule has 0 amide bonds. The normalized spacial score (nSPS) is 18.6. The van der Waals surface area contributed by atoms with Gasteiger partial charge in [0.15, 0.2) is 0 Å². The van der Waals surface area contributed by atoms with Crippen LogP contribution in [0.15, 0.2) is 24.3 Å². The fraction of sp³-hybridized carbons (Fsp3) is 0.667. The first-order valence-electron chi connectivity index (χ1n) is 8.01. The molecule has 1 fully saturated rings. The number of aryl methyl sites for hydroxylation is 1. The molecule has 0 radical (unpaired) electrons. The van der Waals surface area contributed by atoms with Crippen LogP contribution >= 0.6 is 0 Å². The Kier molecular flexibility index (Phi) is 4.90. The van der Waals surface area contributed by atoms with Crippen molar-refractivity contribution in [1.82, 2.24) is 0 Å². The standard InChI is InChI=1S/C18H29N/c1-4-6-11-18(5-2)12-14-19(15-13-18)17-9-7-16(3)8-10-17/h7-10H,4-6,11-15H2,1-3H3. The van der Waals surface area contributed by atoms with E-state index in [1.807, 2.05) is 0 Å². The molecule has 106 valence electrons. The molecule has 1 heteroatoms. The van der Waals surface area contributed by atoms with Crippen molar-refractivity contribution in [3.63, 3.8) is 0 Å². The minimum absolute atomic E-state index is 0.636. The molecule has 19 heavy (non-hydrogen) atoms. The van der Waals surface area contributed by atoms with Gasteiger partial charge in [0, 0.05) is 18.8 Å². The van der Waals surface area contributed by atoms with Crippen molar-refractivity contribution in [2.24, 2.45) is 5.41 Å². The predicted octanol–water partition coefficient (Wildman–Crippen LogP) is 5.18. The Balaban J connectivity index is 1.95. The van der Waals surface area contributed by atoms with E-state index in [2.05, 4.69) is 49.9 Å². The van der Waals surface area contributed by atoms with Crippen LogP contribution < -0.4 is 4.90 Å². The van der Waals surface area contributed by atoms with Crippen LogP contribution in [0.25, 0.3) is 0 Å². The number of hydrogen-bond acceptors (Lipinski definition) is 1. The molecule has 1 saturated heterocycles. The summed E-state index contributed by atoms with van der Waals surface area (Å²) in [5.74, 6) is 0. The van der Waals surface area contributed by atoms with E-state index in [0.29, 0.717) is 5.41 Å². The fourth-order valence-electron chi connectivity index (χ4n) is 3.33. The molecule has 0 spiro atoms. The van der Waals surface area contributed by atoms with Crippen LogP contribution in [-0.2, 0) is 0 Å². The van der Waals surface area contributed by atoms with E-state index in [9.17, 15) is 0 Å². The molecule has 1 aromatic carbocycles. The smallest absolute Gasteiger partial charge is 0.0366 e. The van der Waals surface area contributed by atoms with Crippen LogP contribution in [0, 0.1) is 12.3 Å². The van der Waals surface area contributed by atoms with E-state index >= 15 is 0 Å². The van der Waals surface area contributed by atoms with Crippen molar-refractivity contribution in [3.05, 3.63) is 29.8 Å². The number of benzene rings is 1. The largest absolute Gasteiger partial charge is 0.371 e. The van der Waals surface area contributed by atoms with Crippen molar-refractivity contribution < 1.29 is 0 Å². The Labute approximate surface area is 119 Å². The van der Waals surface area contributed by atoms with E-state index in [0.717, 1.165) is 0 Å². The zero-order chi connectivity index (χ0) is 13.7. The molecule has 1 aliphatic rings. The number of nitrogens with zero attached hydrogens (tertiary/aromatic N) is 1. The zero-order valence-corrected chi connectivity index (χ0v) is 12.9. The lowest BCUT2D eigenvalue weighted by Crippen LogP contribution is -2.39. The molecular weight excluding hydrogens is 230 g/mol. The van der Waals surface area contributed by atoms with Gasteiger partial charge in [0.05, 0.1) is 0 Å². The highest BCUT2D eigenvalue weighted by atomic mass is 15.1. The number of hydrogen-bond donors (Lipinski definition) is 0. The highest BCUT2D eigenvalue weighted by Gasteiger charge is 2.32. The van der Waals surface area contributed by atoms with Crippen LogP contribution in [0.1, 0.15) is 57.9 Å². The molecule has 0 aliphatic carbocycles. The molecular formula is C18H29N. The summed E-state index contributed by atoms with van der Waals surface area (Å²) in [6.07, 6.45) is 8.27. The zero-order valence-electron chi connectivity index (χ0n) is 12.9. The maximum absolute atomic E-state index is 2.57. The average molecular weight is 259 g/mol. The van der Waals surface area contributed by atoms with Crippen molar-refractivity contribution in [2.45, 2.75) is 59.3 Å². The van der Waals surface area contributed by atoms with Crippen LogP contribution in [0.2, 0.25) is 0 Å². The SMILES string of the molecule is CCCCC1(CC)CCN(c2ccc(C)cc2)CC1. The maximum Gasteiger partial charge on any atom is 0.0366 e. The maximum atomic E-state index is 2.57. The number of unbranched alkanes of at least 4 members (excludes halogenated alkanes) is 1. The lowest BCUT2D eigenvalue weighted by atomic mass is 9.72. The van der Waals surface area contributed by atoms with E-state index in [1.54, 1.807) is 0 Å². The monoisotopic (exact) mass is 259 g/mol. The van der Waals surface area contributed by atoms with Gasteiger partial charge < -0.3 is 4.90 Å². The average Bonchev–Trinajstić information content (AvgIpc) is 2.47. The minimum Gasteiger partial charge on any atom is -0.371 e. The van der Waals surface area contributed by atoms with Crippen molar-refractivity contribution in [1.29, 1.82) is 0 Å². The van der Waals surface area contributed by atoms with Gasteiger partial charge in [0.2, 0.25) is 0 Å². The first-order valence-corrected chi connectivity index (χ1v) is 8.01. The third-order valence-corrected chi connectivity index (χ3v) is 5.03. The van der Waals surface area contributed by atoms with E-state index < -0.39 is 0 Å². The van der Waals surface area contributed by atoms with Crippen LogP contribution in [0.5, 0.6) is 0 Å². The van der Waals surface area contributed by atoms with Crippen molar-refractivity contribution >= 4 is 5.69 Å². The topological polar surface area (TPSA) is 3.24 Å². The van der Waals surface area contributed by atoms with Crippen LogP contribution in [0.4, 0.5) is 5.69 Å². The molecule has 1 aliphatic heterocycles. The first kappa shape index (κ1) is 14.4. The summed E-state index contributed by atoms with van der Waals surface area (Å²) in [7, 11) is 0. The van der Waals surface area contributed by atoms with Crippen LogP contribution in [0.3, 0.4) is 0 Å². The van der Waals surface area contributed by atoms with Gasteiger partial charge in [-0.3, -0.25) is 0 Å². The van der Waals surface area contributed by atoms with Crippen molar-refractivity contribution in [2.75, 3.05) is 18.0 Å². The molecule has 1 nitrogen and oxygen atoms in total. The summed E-state index contributed by atoms with van der Waals surface area (Å²) in [5.41, 5.74) is 3.40. The molecule has 0 N–H and O–H groups in total. The Morgan fingerprint density at radius 3 is 2.21 bits per heavy atom. The second-order valence-corrected chi connectivity index (χ2v) is 6.28. The minimum atomic E-state index is 0.636. The quantitative estimate of drug-likeness (QED) is 0.704. The summed E-state index contributed by atoms with van der Waals surface area (Å²) in [5, 5.41) is 0. The Morgan fingerprint density at radius 2 is 1.68 bits per heavy atom. The summed E-state index contributed by atoms with van der Waals surface area (Å²) in [6.45, 7) is 9.33. The number of piperidine rings is 1. The first-order chi connectivity index (χ1) is 9.19. The fourth-order valence-corrected chi connectivity index (χ4v) is 3.33. The molecule has 0 aromatic heterocycles. The van der Waals surface area contributed by atoms with Gasteiger partial charge in [-0.2, -0.15) is 0 Å². The lowest BCUT2D eigenvalue weighted by molar-refractivity contribution is 0.185. The van der Waals surface area contributed by atoms with Crippen molar-refractivity contribution in [3.8, 4) is 0 Å². The number of anilines is 1. The Bertz CT molecular complexity index is 371. The molecule has 1 aromatic rings. The van der Waals surface area contributed by atoms with E-state index in [1.165, 1.54) is 62.9 Å². The van der Waals surface area contributed by atoms with E-state index in [-0.39, 0.29) is 0 Å². The molecule has 0 unspecified atom stereocenters. The van der Waals surface area contributed by atoms with Gasteiger partial charge in [-0.15, -0.1) is 0 Å². The summed E-state index contributed by atoms with van der Waals surface area (Å²) in [4.78, 5) is 2.57. The second-order valence-electron chi connectivity index (χ2n) is 6.28. The van der Waals surface area contributed by atoms with Gasteiger partial charge in [-0.1, -0.05) is 50.8 Å². The number of rotatable bonds is 5. The third-order valence-electron chi connectivity index (χ3n) is 5.03. The summed E-state index contributed by atoms with van der Waals surface area (Å²) >= 11 is 0. The van der Waals surface area contributed by atoms with Gasteiger partial charge in [0.1, 0.15) is 0 Å². The van der Waals surface area contributed by atoms with Gasteiger partial charge in [0.25, 0.3) is 0 Å². The molecule has 2 rings (SSSR count). The summed E-state index contributed by atoms with van der Waals surface area (Å²) in [6, 6.07) is 9.02. The Morgan fingerprint density at radius 1 is 1.05 bits per heavy atom.